The van der Waals surface area contributed by atoms with E-state index in [2.05, 4.69) is 58.9 Å². The number of nitrogens with zero attached hydrogens (tertiary/aromatic N) is 4. The highest BCUT2D eigenvalue weighted by Crippen LogP contribution is 2.09. The van der Waals surface area contributed by atoms with Crippen LogP contribution < -0.4 is 10.6 Å². The Balaban J connectivity index is 1.50. The zero-order valence-corrected chi connectivity index (χ0v) is 15.3. The second kappa shape index (κ2) is 7.94. The summed E-state index contributed by atoms with van der Waals surface area (Å²) in [5, 5.41) is 15.5. The van der Waals surface area contributed by atoms with Crippen molar-refractivity contribution in [3.63, 3.8) is 0 Å². The van der Waals surface area contributed by atoms with Gasteiger partial charge in [0.15, 0.2) is 5.11 Å². The van der Waals surface area contributed by atoms with Crippen LogP contribution in [-0.4, -0.2) is 24.7 Å². The molecule has 0 unspecified atom stereocenters. The highest BCUT2D eigenvalue weighted by molar-refractivity contribution is 7.80. The average Bonchev–Trinajstić information content (AvgIpc) is 3.24. The van der Waals surface area contributed by atoms with Gasteiger partial charge in [0.25, 0.3) is 0 Å². The quantitative estimate of drug-likeness (QED) is 0.667. The zero-order valence-electron chi connectivity index (χ0n) is 14.4. The van der Waals surface area contributed by atoms with Crippen molar-refractivity contribution in [2.24, 2.45) is 0 Å². The van der Waals surface area contributed by atoms with Crippen LogP contribution in [0.25, 0.3) is 0 Å². The third-order valence-electron chi connectivity index (χ3n) is 3.82. The summed E-state index contributed by atoms with van der Waals surface area (Å²) in [5.74, 6) is 0. The molecule has 1 aromatic carbocycles. The molecule has 0 amide bonds. The number of hydrogen-bond donors (Lipinski definition) is 2. The van der Waals surface area contributed by atoms with E-state index >= 15 is 0 Å². The standard InChI is InChI=1S/C18H22N6S/c1-3-23-12-16(9-20-23)8-19-18(25)22-17-10-21-24(13-17)11-15-6-4-14(2)5-7-15/h4-7,9-10,12-13H,3,8,11H2,1-2H3,(H2,19,22,25). The molecule has 0 fully saturated rings. The molecule has 6 nitrogen and oxygen atoms in total. The Labute approximate surface area is 152 Å². The van der Waals surface area contributed by atoms with Gasteiger partial charge in [-0.05, 0) is 31.6 Å². The molecule has 0 aliphatic carbocycles. The van der Waals surface area contributed by atoms with Gasteiger partial charge in [-0.15, -0.1) is 0 Å². The summed E-state index contributed by atoms with van der Waals surface area (Å²) in [7, 11) is 0. The maximum atomic E-state index is 5.34. The molecule has 3 rings (SSSR count). The minimum Gasteiger partial charge on any atom is -0.358 e. The maximum Gasteiger partial charge on any atom is 0.171 e. The summed E-state index contributed by atoms with van der Waals surface area (Å²) >= 11 is 5.34. The molecular weight excluding hydrogens is 332 g/mol. The maximum absolute atomic E-state index is 5.34. The number of benzene rings is 1. The van der Waals surface area contributed by atoms with Crippen LogP contribution >= 0.6 is 12.2 Å². The first-order valence-electron chi connectivity index (χ1n) is 8.26. The lowest BCUT2D eigenvalue weighted by molar-refractivity contribution is 0.659. The molecule has 2 N–H and O–H groups in total. The van der Waals surface area contributed by atoms with E-state index in [4.69, 9.17) is 12.2 Å². The molecule has 0 aliphatic heterocycles. The fourth-order valence-corrected chi connectivity index (χ4v) is 2.61. The molecule has 0 atom stereocenters. The first kappa shape index (κ1) is 17.2. The van der Waals surface area contributed by atoms with Crippen molar-refractivity contribution in [3.8, 4) is 0 Å². The second-order valence-electron chi connectivity index (χ2n) is 5.92. The Bertz CT molecular complexity index is 833. The van der Waals surface area contributed by atoms with Crippen molar-refractivity contribution in [1.29, 1.82) is 0 Å². The lowest BCUT2D eigenvalue weighted by atomic mass is 10.1. The number of nitrogens with one attached hydrogen (secondary N) is 2. The molecule has 2 heterocycles. The Morgan fingerprint density at radius 3 is 2.52 bits per heavy atom. The van der Waals surface area contributed by atoms with Crippen LogP contribution in [0.15, 0.2) is 49.1 Å². The van der Waals surface area contributed by atoms with Gasteiger partial charge in [-0.2, -0.15) is 10.2 Å². The predicted molar refractivity (Wildman–Crippen MR) is 103 cm³/mol. The van der Waals surface area contributed by atoms with Crippen LogP contribution in [0.1, 0.15) is 23.6 Å². The number of anilines is 1. The topological polar surface area (TPSA) is 59.7 Å². The van der Waals surface area contributed by atoms with Crippen molar-refractivity contribution >= 4 is 23.0 Å². The molecule has 0 spiro atoms. The fourth-order valence-electron chi connectivity index (χ4n) is 2.42. The molecule has 3 aromatic rings. The van der Waals surface area contributed by atoms with Crippen LogP contribution in [0.5, 0.6) is 0 Å². The largest absolute Gasteiger partial charge is 0.358 e. The van der Waals surface area contributed by atoms with Gasteiger partial charge in [-0.1, -0.05) is 29.8 Å². The van der Waals surface area contributed by atoms with Gasteiger partial charge >= 0.3 is 0 Å². The molecule has 130 valence electrons. The molecule has 0 aliphatic rings. The van der Waals surface area contributed by atoms with Crippen LogP contribution in [0, 0.1) is 6.92 Å². The predicted octanol–water partition coefficient (Wildman–Crippen LogP) is 2.94. The summed E-state index contributed by atoms with van der Waals surface area (Å²) in [5.41, 5.74) is 4.44. The minimum absolute atomic E-state index is 0.569. The van der Waals surface area contributed by atoms with E-state index in [1.165, 1.54) is 11.1 Å². The molecule has 7 heteroatoms. The van der Waals surface area contributed by atoms with Crippen LogP contribution in [0.4, 0.5) is 5.69 Å². The van der Waals surface area contributed by atoms with Crippen molar-refractivity contribution < 1.29 is 0 Å². The van der Waals surface area contributed by atoms with Gasteiger partial charge in [0.05, 0.1) is 24.6 Å². The van der Waals surface area contributed by atoms with Gasteiger partial charge in [-0.25, -0.2) is 0 Å². The average molecular weight is 354 g/mol. The molecule has 25 heavy (non-hydrogen) atoms. The first-order chi connectivity index (χ1) is 12.1. The lowest BCUT2D eigenvalue weighted by Gasteiger charge is -2.07. The highest BCUT2D eigenvalue weighted by Gasteiger charge is 2.03. The van der Waals surface area contributed by atoms with Crippen LogP contribution in [0.2, 0.25) is 0 Å². The van der Waals surface area contributed by atoms with E-state index in [0.717, 1.165) is 24.3 Å². The Hall–Kier alpha value is -2.67. The number of rotatable bonds is 6. The third-order valence-corrected chi connectivity index (χ3v) is 4.07. The third kappa shape index (κ3) is 4.90. The molecule has 2 aromatic heterocycles. The van der Waals surface area contributed by atoms with Crippen LogP contribution in [-0.2, 0) is 19.6 Å². The first-order valence-corrected chi connectivity index (χ1v) is 8.67. The summed E-state index contributed by atoms with van der Waals surface area (Å²) in [6.07, 6.45) is 7.58. The zero-order chi connectivity index (χ0) is 17.6. The van der Waals surface area contributed by atoms with Gasteiger partial charge < -0.3 is 10.6 Å². The van der Waals surface area contributed by atoms with Crippen molar-refractivity contribution in [2.45, 2.75) is 33.5 Å². The van der Waals surface area contributed by atoms with E-state index in [1.807, 2.05) is 28.0 Å². The number of hydrogen-bond acceptors (Lipinski definition) is 3. The Morgan fingerprint density at radius 1 is 1.04 bits per heavy atom. The molecular formula is C18H22N6S. The van der Waals surface area contributed by atoms with Crippen molar-refractivity contribution in [1.82, 2.24) is 24.9 Å². The second-order valence-corrected chi connectivity index (χ2v) is 6.33. The Kier molecular flexibility index (Phi) is 5.45. The Morgan fingerprint density at radius 2 is 1.80 bits per heavy atom. The lowest BCUT2D eigenvalue weighted by Crippen LogP contribution is -2.27. The van der Waals surface area contributed by atoms with Gasteiger partial charge in [-0.3, -0.25) is 9.36 Å². The highest BCUT2D eigenvalue weighted by atomic mass is 32.1. The summed E-state index contributed by atoms with van der Waals surface area (Å²) in [4.78, 5) is 0. The molecule has 0 saturated heterocycles. The number of aromatic nitrogens is 4. The van der Waals surface area contributed by atoms with Crippen molar-refractivity contribution in [3.05, 3.63) is 65.7 Å². The normalized spacial score (nSPS) is 10.6. The van der Waals surface area contributed by atoms with E-state index in [9.17, 15) is 0 Å². The summed E-state index contributed by atoms with van der Waals surface area (Å²) in [6, 6.07) is 8.45. The van der Waals surface area contributed by atoms with Crippen molar-refractivity contribution in [2.75, 3.05) is 5.32 Å². The van der Waals surface area contributed by atoms with Gasteiger partial charge in [0.1, 0.15) is 0 Å². The molecule has 0 saturated carbocycles. The molecule has 0 radical (unpaired) electrons. The number of thiocarbonyl (C=S) groups is 1. The van der Waals surface area contributed by atoms with E-state index in [0.29, 0.717) is 11.7 Å². The summed E-state index contributed by atoms with van der Waals surface area (Å²) in [6.45, 7) is 6.39. The SMILES string of the molecule is CCn1cc(CNC(=S)Nc2cnn(Cc3ccc(C)cc3)c2)cn1. The smallest absolute Gasteiger partial charge is 0.171 e. The van der Waals surface area contributed by atoms with E-state index in [-0.39, 0.29) is 0 Å². The van der Waals surface area contributed by atoms with Crippen LogP contribution in [0.3, 0.4) is 0 Å². The minimum atomic E-state index is 0.569. The van der Waals surface area contributed by atoms with Gasteiger partial charge in [0, 0.05) is 31.0 Å². The van der Waals surface area contributed by atoms with Gasteiger partial charge in [0.2, 0.25) is 0 Å². The van der Waals surface area contributed by atoms with E-state index in [1.54, 1.807) is 6.20 Å². The number of aryl methyl sites for hydroxylation is 2. The fraction of sp³-hybridized carbons (Fsp3) is 0.278. The molecule has 0 bridgehead atoms. The van der Waals surface area contributed by atoms with E-state index < -0.39 is 0 Å². The summed E-state index contributed by atoms with van der Waals surface area (Å²) < 4.78 is 3.78. The monoisotopic (exact) mass is 354 g/mol.